The van der Waals surface area contributed by atoms with Crippen LogP contribution in [0.1, 0.15) is 13.8 Å². The summed E-state index contributed by atoms with van der Waals surface area (Å²) in [5.74, 6) is -0.145. The van der Waals surface area contributed by atoms with Gasteiger partial charge in [0.2, 0.25) is 0 Å². The Bertz CT molecular complexity index is 124. The first-order chi connectivity index (χ1) is 5.04. The van der Waals surface area contributed by atoms with E-state index in [-0.39, 0.29) is 12.0 Å². The van der Waals surface area contributed by atoms with E-state index < -0.39 is 18.5 Å². The quantitative estimate of drug-likeness (QED) is 0.431. The number of ether oxygens (including phenoxy) is 1. The second-order valence-electron chi connectivity index (χ2n) is 3.07. The molecule has 0 aromatic heterocycles. The minimum atomic E-state index is -1.25. The maximum absolute atomic E-state index is 9.30. The van der Waals surface area contributed by atoms with Crippen molar-refractivity contribution in [1.82, 2.24) is 0 Å². The number of rotatable bonds is 0. The topological polar surface area (TPSA) is 69.9 Å². The average molecular weight is 162 g/mol. The molecule has 0 saturated carbocycles. The van der Waals surface area contributed by atoms with E-state index in [1.807, 2.05) is 0 Å². The van der Waals surface area contributed by atoms with Crippen molar-refractivity contribution in [3.63, 3.8) is 0 Å². The molecule has 0 bridgehead atoms. The Balaban J connectivity index is 2.63. The van der Waals surface area contributed by atoms with Crippen LogP contribution in [-0.4, -0.2) is 39.9 Å². The smallest absolute Gasteiger partial charge is 0.183 e. The Hall–Kier alpha value is -0.160. The van der Waals surface area contributed by atoms with E-state index in [9.17, 15) is 5.11 Å². The summed E-state index contributed by atoms with van der Waals surface area (Å²) in [4.78, 5) is 0. The number of hydrogen-bond donors (Lipinski definition) is 3. The van der Waals surface area contributed by atoms with Gasteiger partial charge in [-0.05, 0) is 6.92 Å². The van der Waals surface area contributed by atoms with Gasteiger partial charge in [0.15, 0.2) is 6.29 Å². The largest absolute Gasteiger partial charge is 0.390 e. The predicted octanol–water partition coefficient (Wildman–Crippen LogP) is -0.919. The van der Waals surface area contributed by atoms with Crippen molar-refractivity contribution in [3.8, 4) is 0 Å². The molecule has 1 fully saturated rings. The van der Waals surface area contributed by atoms with Crippen molar-refractivity contribution in [2.24, 2.45) is 5.92 Å². The summed E-state index contributed by atoms with van der Waals surface area (Å²) in [5, 5.41) is 27.4. The molecule has 0 aromatic rings. The number of hydrogen-bond acceptors (Lipinski definition) is 4. The summed E-state index contributed by atoms with van der Waals surface area (Å²) < 4.78 is 4.93. The number of aliphatic hydroxyl groups excluding tert-OH is 3. The van der Waals surface area contributed by atoms with Crippen LogP contribution >= 0.6 is 0 Å². The first-order valence-electron chi connectivity index (χ1n) is 3.73. The second kappa shape index (κ2) is 3.06. The molecule has 1 saturated heterocycles. The van der Waals surface area contributed by atoms with E-state index in [1.165, 1.54) is 0 Å². The van der Waals surface area contributed by atoms with Crippen molar-refractivity contribution in [1.29, 1.82) is 0 Å². The maximum atomic E-state index is 9.30. The van der Waals surface area contributed by atoms with Gasteiger partial charge in [0.1, 0.15) is 6.10 Å². The highest BCUT2D eigenvalue weighted by Gasteiger charge is 2.39. The van der Waals surface area contributed by atoms with Crippen LogP contribution in [0.3, 0.4) is 0 Å². The molecular formula is C7H14O4. The zero-order valence-electron chi connectivity index (χ0n) is 6.64. The number of aliphatic hydroxyl groups is 3. The minimum Gasteiger partial charge on any atom is -0.390 e. The highest BCUT2D eigenvalue weighted by molar-refractivity contribution is 4.83. The maximum Gasteiger partial charge on any atom is 0.183 e. The third-order valence-corrected chi connectivity index (χ3v) is 2.28. The van der Waals surface area contributed by atoms with Crippen molar-refractivity contribution >= 4 is 0 Å². The summed E-state index contributed by atoms with van der Waals surface area (Å²) in [6, 6.07) is 0. The Morgan fingerprint density at radius 2 is 1.55 bits per heavy atom. The van der Waals surface area contributed by atoms with Gasteiger partial charge >= 0.3 is 0 Å². The van der Waals surface area contributed by atoms with Gasteiger partial charge < -0.3 is 20.1 Å². The van der Waals surface area contributed by atoms with E-state index in [2.05, 4.69) is 0 Å². The Kier molecular flexibility index (Phi) is 2.49. The normalized spacial score (nSPS) is 52.6. The van der Waals surface area contributed by atoms with Gasteiger partial charge in [0.25, 0.3) is 0 Å². The molecule has 11 heavy (non-hydrogen) atoms. The van der Waals surface area contributed by atoms with E-state index in [1.54, 1.807) is 13.8 Å². The third kappa shape index (κ3) is 1.54. The third-order valence-electron chi connectivity index (χ3n) is 2.28. The monoisotopic (exact) mass is 162 g/mol. The van der Waals surface area contributed by atoms with E-state index in [0.717, 1.165) is 0 Å². The average Bonchev–Trinajstić information content (AvgIpc) is 1.97. The van der Waals surface area contributed by atoms with Gasteiger partial charge in [-0.25, -0.2) is 0 Å². The molecule has 0 radical (unpaired) electrons. The van der Waals surface area contributed by atoms with E-state index in [0.29, 0.717) is 0 Å². The van der Waals surface area contributed by atoms with Crippen molar-refractivity contribution in [2.45, 2.75) is 38.4 Å². The molecule has 0 amide bonds. The molecule has 5 unspecified atom stereocenters. The lowest BCUT2D eigenvalue weighted by atomic mass is 9.92. The lowest BCUT2D eigenvalue weighted by molar-refractivity contribution is -0.261. The first kappa shape index (κ1) is 8.93. The second-order valence-corrected chi connectivity index (χ2v) is 3.07. The molecule has 4 nitrogen and oxygen atoms in total. The highest BCUT2D eigenvalue weighted by Crippen LogP contribution is 2.23. The van der Waals surface area contributed by atoms with Crippen LogP contribution in [0.5, 0.6) is 0 Å². The Morgan fingerprint density at radius 3 is 2.09 bits per heavy atom. The van der Waals surface area contributed by atoms with E-state index in [4.69, 9.17) is 14.9 Å². The molecule has 1 aliphatic rings. The van der Waals surface area contributed by atoms with Crippen molar-refractivity contribution in [3.05, 3.63) is 0 Å². The van der Waals surface area contributed by atoms with Crippen LogP contribution < -0.4 is 0 Å². The molecule has 66 valence electrons. The zero-order chi connectivity index (χ0) is 8.59. The van der Waals surface area contributed by atoms with Crippen molar-refractivity contribution in [2.75, 3.05) is 0 Å². The summed E-state index contributed by atoms with van der Waals surface area (Å²) in [6.07, 6.45) is -3.55. The van der Waals surface area contributed by atoms with Gasteiger partial charge in [0.05, 0.1) is 12.2 Å². The molecule has 1 heterocycles. The fourth-order valence-corrected chi connectivity index (χ4v) is 1.18. The van der Waals surface area contributed by atoms with Gasteiger partial charge in [-0.2, -0.15) is 0 Å². The summed E-state index contributed by atoms with van der Waals surface area (Å²) in [7, 11) is 0. The van der Waals surface area contributed by atoms with Gasteiger partial charge in [0, 0.05) is 5.92 Å². The van der Waals surface area contributed by atoms with Crippen LogP contribution in [0.2, 0.25) is 0 Å². The fourth-order valence-electron chi connectivity index (χ4n) is 1.18. The van der Waals surface area contributed by atoms with Crippen LogP contribution in [0, 0.1) is 5.92 Å². The minimum absolute atomic E-state index is 0.145. The molecule has 5 atom stereocenters. The van der Waals surface area contributed by atoms with Gasteiger partial charge in [-0.15, -0.1) is 0 Å². The fraction of sp³-hybridized carbons (Fsp3) is 1.00. The SMILES string of the molecule is CC1OC(O)C(O)C(O)C1C. The summed E-state index contributed by atoms with van der Waals surface area (Å²) in [5.41, 5.74) is 0. The molecule has 0 aromatic carbocycles. The van der Waals surface area contributed by atoms with Crippen molar-refractivity contribution < 1.29 is 20.1 Å². The Morgan fingerprint density at radius 1 is 1.00 bits per heavy atom. The van der Waals surface area contributed by atoms with Gasteiger partial charge in [-0.3, -0.25) is 0 Å². The summed E-state index contributed by atoms with van der Waals surface area (Å²) >= 11 is 0. The lowest BCUT2D eigenvalue weighted by Gasteiger charge is -2.37. The zero-order valence-corrected chi connectivity index (χ0v) is 6.64. The molecule has 0 aliphatic carbocycles. The standard InChI is InChI=1S/C7H14O4/c1-3-4(2)11-7(10)6(9)5(3)8/h3-10H,1-2H3. The molecule has 1 rings (SSSR count). The van der Waals surface area contributed by atoms with Crippen LogP contribution in [0.4, 0.5) is 0 Å². The van der Waals surface area contributed by atoms with E-state index >= 15 is 0 Å². The highest BCUT2D eigenvalue weighted by atomic mass is 16.6. The van der Waals surface area contributed by atoms with Gasteiger partial charge in [-0.1, -0.05) is 6.92 Å². The molecular weight excluding hydrogens is 148 g/mol. The molecule has 3 N–H and O–H groups in total. The first-order valence-corrected chi connectivity index (χ1v) is 3.73. The van der Waals surface area contributed by atoms with Crippen LogP contribution in [-0.2, 0) is 4.74 Å². The predicted molar refractivity (Wildman–Crippen MR) is 37.7 cm³/mol. The van der Waals surface area contributed by atoms with Crippen LogP contribution in [0.15, 0.2) is 0 Å². The summed E-state index contributed by atoms with van der Waals surface area (Å²) in [6.45, 7) is 3.52. The lowest BCUT2D eigenvalue weighted by Crippen LogP contribution is -2.52. The molecule has 4 heteroatoms. The van der Waals surface area contributed by atoms with Crippen LogP contribution in [0.25, 0.3) is 0 Å². The molecule has 0 spiro atoms. The Labute approximate surface area is 65.4 Å². The molecule has 1 aliphatic heterocycles.